The Hall–Kier alpha value is -3.35. The van der Waals surface area contributed by atoms with Crippen LogP contribution in [0, 0.1) is 13.8 Å². The number of unbranched alkanes of at least 4 members (excludes halogenated alkanes) is 2. The normalized spacial score (nSPS) is 11.4. The zero-order valence-corrected chi connectivity index (χ0v) is 17.4. The highest BCUT2D eigenvalue weighted by Gasteiger charge is 2.25. The highest BCUT2D eigenvalue weighted by Crippen LogP contribution is 2.23. The van der Waals surface area contributed by atoms with Crippen LogP contribution in [-0.4, -0.2) is 24.5 Å². The van der Waals surface area contributed by atoms with Crippen molar-refractivity contribution in [2.24, 2.45) is 5.73 Å². The average molecular weight is 412 g/mol. The van der Waals surface area contributed by atoms with Gasteiger partial charge in [0.25, 0.3) is 5.91 Å². The molecule has 4 N–H and O–H groups in total. The number of nitrogens with two attached hydrogens (primary N) is 1. The lowest BCUT2D eigenvalue weighted by Gasteiger charge is -2.19. The van der Waals surface area contributed by atoms with Crippen molar-refractivity contribution < 1.29 is 19.1 Å². The number of urea groups is 1. The van der Waals surface area contributed by atoms with E-state index in [-0.39, 0.29) is 6.42 Å². The fourth-order valence-corrected chi connectivity index (χ4v) is 2.94. The second kappa shape index (κ2) is 11.6. The summed E-state index contributed by atoms with van der Waals surface area (Å²) in [5.74, 6) is -0.836. The number of aryl methyl sites for hydroxylation is 2. The van der Waals surface area contributed by atoms with E-state index >= 15 is 0 Å². The number of ether oxygens (including phenoxy) is 1. The fourth-order valence-electron chi connectivity index (χ4n) is 2.94. The van der Waals surface area contributed by atoms with Gasteiger partial charge in [-0.2, -0.15) is 0 Å². The molecule has 2 rings (SSSR count). The summed E-state index contributed by atoms with van der Waals surface area (Å²) in [6, 6.07) is 14.2. The van der Waals surface area contributed by atoms with Gasteiger partial charge >= 0.3 is 12.0 Å². The number of carbonyl (C=O) groups excluding carboxylic acids is 3. The van der Waals surface area contributed by atoms with Gasteiger partial charge in [-0.1, -0.05) is 48.9 Å². The van der Waals surface area contributed by atoms with Gasteiger partial charge < -0.3 is 21.1 Å². The molecular formula is C23H29N3O4. The van der Waals surface area contributed by atoms with Gasteiger partial charge in [0.05, 0.1) is 0 Å². The number of primary amides is 1. The van der Waals surface area contributed by atoms with E-state index in [0.717, 1.165) is 17.5 Å². The van der Waals surface area contributed by atoms with Crippen molar-refractivity contribution in [3.63, 3.8) is 0 Å². The van der Waals surface area contributed by atoms with E-state index in [1.807, 2.05) is 38.1 Å². The van der Waals surface area contributed by atoms with Gasteiger partial charge in [-0.3, -0.25) is 9.59 Å². The number of rotatable bonds is 10. The molecule has 0 aliphatic rings. The van der Waals surface area contributed by atoms with Gasteiger partial charge in [0.1, 0.15) is 0 Å². The van der Waals surface area contributed by atoms with Gasteiger partial charge in [-0.15, -0.1) is 0 Å². The molecule has 0 saturated heterocycles. The highest BCUT2D eigenvalue weighted by molar-refractivity contribution is 5.96. The van der Waals surface area contributed by atoms with Crippen molar-refractivity contribution in [2.45, 2.75) is 45.6 Å². The average Bonchev–Trinajstić information content (AvgIpc) is 2.71. The Balaban J connectivity index is 1.98. The van der Waals surface area contributed by atoms with Gasteiger partial charge in [-0.05, 0) is 43.9 Å². The smallest absolute Gasteiger partial charge is 0.312 e. The predicted molar refractivity (Wildman–Crippen MR) is 116 cm³/mol. The maximum atomic E-state index is 13.0. The molecule has 7 heteroatoms. The van der Waals surface area contributed by atoms with Crippen LogP contribution in [0.2, 0.25) is 0 Å². The summed E-state index contributed by atoms with van der Waals surface area (Å²) < 4.78 is 5.54. The maximum Gasteiger partial charge on any atom is 0.312 e. The summed E-state index contributed by atoms with van der Waals surface area (Å²) in [6.45, 7) is 4.32. The molecule has 30 heavy (non-hydrogen) atoms. The Labute approximate surface area is 177 Å². The van der Waals surface area contributed by atoms with E-state index in [2.05, 4.69) is 10.6 Å². The second-order valence-electron chi connectivity index (χ2n) is 7.19. The summed E-state index contributed by atoms with van der Waals surface area (Å²) in [7, 11) is 0. The topological polar surface area (TPSA) is 111 Å². The molecule has 0 aromatic heterocycles. The van der Waals surface area contributed by atoms with E-state index in [4.69, 9.17) is 10.5 Å². The quantitative estimate of drug-likeness (QED) is 0.408. The minimum absolute atomic E-state index is 0.191. The summed E-state index contributed by atoms with van der Waals surface area (Å²) in [5, 5.41) is 5.39. The minimum Gasteiger partial charge on any atom is -0.447 e. The first-order chi connectivity index (χ1) is 14.4. The zero-order chi connectivity index (χ0) is 21.9. The van der Waals surface area contributed by atoms with Gasteiger partial charge in [0, 0.05) is 24.2 Å². The first-order valence-corrected chi connectivity index (χ1v) is 10.0. The zero-order valence-electron chi connectivity index (χ0n) is 17.4. The van der Waals surface area contributed by atoms with Gasteiger partial charge in [-0.25, -0.2) is 4.79 Å². The van der Waals surface area contributed by atoms with E-state index in [9.17, 15) is 14.4 Å². The van der Waals surface area contributed by atoms with Crippen molar-refractivity contribution in [1.82, 2.24) is 5.32 Å². The van der Waals surface area contributed by atoms with Crippen LogP contribution < -0.4 is 16.4 Å². The van der Waals surface area contributed by atoms with E-state index in [0.29, 0.717) is 30.6 Å². The Kier molecular flexibility index (Phi) is 8.87. The third-order valence-electron chi connectivity index (χ3n) is 4.60. The van der Waals surface area contributed by atoms with Crippen LogP contribution in [0.5, 0.6) is 0 Å². The minimum atomic E-state index is -1.03. The maximum absolute atomic E-state index is 13.0. The van der Waals surface area contributed by atoms with Crippen LogP contribution in [0.15, 0.2) is 48.5 Å². The Morgan fingerprint density at radius 3 is 2.43 bits per heavy atom. The molecule has 0 aliphatic heterocycles. The van der Waals surface area contributed by atoms with Gasteiger partial charge in [0.2, 0.25) is 6.10 Å². The Morgan fingerprint density at radius 2 is 1.73 bits per heavy atom. The molecule has 0 bridgehead atoms. The summed E-state index contributed by atoms with van der Waals surface area (Å²) >= 11 is 0. The van der Waals surface area contributed by atoms with Gasteiger partial charge in [0.15, 0.2) is 0 Å². The van der Waals surface area contributed by atoms with Crippen LogP contribution in [0.4, 0.5) is 10.5 Å². The molecule has 0 spiro atoms. The second-order valence-corrected chi connectivity index (χ2v) is 7.19. The summed E-state index contributed by atoms with van der Waals surface area (Å²) in [5.41, 5.74) is 8.26. The molecule has 0 fully saturated rings. The molecule has 2 aromatic rings. The number of hydrogen-bond acceptors (Lipinski definition) is 4. The van der Waals surface area contributed by atoms with Crippen molar-refractivity contribution >= 4 is 23.6 Å². The summed E-state index contributed by atoms with van der Waals surface area (Å²) in [6.07, 6.45) is 1.21. The molecule has 3 amide bonds. The molecule has 0 radical (unpaired) electrons. The highest BCUT2D eigenvalue weighted by atomic mass is 16.5. The van der Waals surface area contributed by atoms with Crippen LogP contribution in [-0.2, 0) is 14.3 Å². The van der Waals surface area contributed by atoms with Crippen LogP contribution in [0.1, 0.15) is 48.5 Å². The van der Waals surface area contributed by atoms with Crippen molar-refractivity contribution in [3.8, 4) is 0 Å². The van der Waals surface area contributed by atoms with Crippen LogP contribution in [0.25, 0.3) is 0 Å². The molecule has 0 heterocycles. The molecular weight excluding hydrogens is 382 g/mol. The van der Waals surface area contributed by atoms with Crippen molar-refractivity contribution in [2.75, 3.05) is 11.9 Å². The van der Waals surface area contributed by atoms with Crippen LogP contribution >= 0.6 is 0 Å². The molecule has 2 aromatic carbocycles. The molecule has 7 nitrogen and oxygen atoms in total. The molecule has 0 aliphatic carbocycles. The number of carbonyl (C=O) groups is 3. The molecule has 160 valence electrons. The molecule has 0 unspecified atom stereocenters. The Bertz CT molecular complexity index is 868. The third-order valence-corrected chi connectivity index (χ3v) is 4.60. The lowest BCUT2D eigenvalue weighted by Crippen LogP contribution is -2.30. The number of benzene rings is 2. The number of anilines is 1. The monoisotopic (exact) mass is 411 g/mol. The first kappa shape index (κ1) is 22.9. The van der Waals surface area contributed by atoms with Crippen LogP contribution in [0.3, 0.4) is 0 Å². The number of nitrogens with one attached hydrogen (secondary N) is 2. The lowest BCUT2D eigenvalue weighted by atomic mass is 10.1. The summed E-state index contributed by atoms with van der Waals surface area (Å²) in [4.78, 5) is 35.9. The standard InChI is InChI=1S/C23H29N3O4/c1-16-12-13-17(2)19(15-16)26-22(28)21(18-9-5-3-6-10-18)30-20(27)11-7-4-8-14-25-23(24)29/h3,5-6,9-10,12-13,15,21H,4,7-8,11,14H2,1-2H3,(H,26,28)(H3,24,25,29)/t21-/m1/s1. The Morgan fingerprint density at radius 1 is 1.00 bits per heavy atom. The number of esters is 1. The SMILES string of the molecule is Cc1ccc(C)c(NC(=O)[C@H](OC(=O)CCCCCNC(N)=O)c2ccccc2)c1. The van der Waals surface area contributed by atoms with E-state index < -0.39 is 24.0 Å². The van der Waals surface area contributed by atoms with Crippen molar-refractivity contribution in [1.29, 1.82) is 0 Å². The third kappa shape index (κ3) is 7.58. The van der Waals surface area contributed by atoms with E-state index in [1.54, 1.807) is 24.3 Å². The predicted octanol–water partition coefficient (Wildman–Crippen LogP) is 3.76. The lowest BCUT2D eigenvalue weighted by molar-refractivity contribution is -0.154. The largest absolute Gasteiger partial charge is 0.447 e. The van der Waals surface area contributed by atoms with Crippen molar-refractivity contribution in [3.05, 3.63) is 65.2 Å². The first-order valence-electron chi connectivity index (χ1n) is 10.0. The van der Waals surface area contributed by atoms with E-state index in [1.165, 1.54) is 0 Å². The molecule has 1 atom stereocenters. The fraction of sp³-hybridized carbons (Fsp3) is 0.348. The molecule has 0 saturated carbocycles. The number of amides is 3. The number of hydrogen-bond donors (Lipinski definition) is 3.